The lowest BCUT2D eigenvalue weighted by Gasteiger charge is -2.37. The second-order valence-electron chi connectivity index (χ2n) is 4.78. The van der Waals surface area contributed by atoms with E-state index in [1.807, 2.05) is 0 Å². The summed E-state index contributed by atoms with van der Waals surface area (Å²) in [5, 5.41) is 3.59. The summed E-state index contributed by atoms with van der Waals surface area (Å²) >= 11 is 0. The molecule has 0 bridgehead atoms. The van der Waals surface area contributed by atoms with E-state index in [9.17, 15) is 4.21 Å². The molecule has 4 heteroatoms. The van der Waals surface area contributed by atoms with Gasteiger partial charge < -0.3 is 10.2 Å². The van der Waals surface area contributed by atoms with Crippen LogP contribution in [0.3, 0.4) is 0 Å². The average molecular weight is 246 g/mol. The zero-order chi connectivity index (χ0) is 12.0. The molecule has 0 aromatic rings. The van der Waals surface area contributed by atoms with Crippen LogP contribution in [0.25, 0.3) is 0 Å². The molecule has 3 nitrogen and oxygen atoms in total. The van der Waals surface area contributed by atoms with Crippen LogP contribution in [0.15, 0.2) is 0 Å². The zero-order valence-corrected chi connectivity index (χ0v) is 11.7. The maximum atomic E-state index is 10.9. The van der Waals surface area contributed by atoms with E-state index in [-0.39, 0.29) is 0 Å². The number of piperidine rings is 1. The van der Waals surface area contributed by atoms with Crippen LogP contribution in [-0.4, -0.2) is 52.8 Å². The Bertz CT molecular complexity index is 223. The highest BCUT2D eigenvalue weighted by Crippen LogP contribution is 2.16. The predicted octanol–water partition coefficient (Wildman–Crippen LogP) is 1.22. The monoisotopic (exact) mass is 246 g/mol. The van der Waals surface area contributed by atoms with Gasteiger partial charge in [0.05, 0.1) is 0 Å². The number of likely N-dealkylation sites (tertiary alicyclic amines) is 1. The molecule has 16 heavy (non-hydrogen) atoms. The van der Waals surface area contributed by atoms with Gasteiger partial charge in [0.2, 0.25) is 0 Å². The first kappa shape index (κ1) is 14.1. The molecule has 1 aliphatic heterocycles. The number of nitrogens with zero attached hydrogens (tertiary/aromatic N) is 1. The smallest absolute Gasteiger partial charge is 0.0244 e. The Labute approximate surface area is 102 Å². The summed E-state index contributed by atoms with van der Waals surface area (Å²) in [4.78, 5) is 2.54. The van der Waals surface area contributed by atoms with E-state index in [0.717, 1.165) is 18.7 Å². The van der Waals surface area contributed by atoms with Gasteiger partial charge in [-0.3, -0.25) is 4.21 Å². The van der Waals surface area contributed by atoms with Gasteiger partial charge in [0, 0.05) is 34.9 Å². The van der Waals surface area contributed by atoms with E-state index in [0.29, 0.717) is 12.1 Å². The quantitative estimate of drug-likeness (QED) is 0.715. The zero-order valence-electron chi connectivity index (χ0n) is 10.9. The number of rotatable bonds is 6. The fourth-order valence-electron chi connectivity index (χ4n) is 2.46. The van der Waals surface area contributed by atoms with Crippen LogP contribution in [0, 0.1) is 0 Å². The van der Waals surface area contributed by atoms with Gasteiger partial charge >= 0.3 is 0 Å². The first-order chi connectivity index (χ1) is 7.63. The third-order valence-corrected chi connectivity index (χ3v) is 4.33. The van der Waals surface area contributed by atoms with Gasteiger partial charge in [-0.05, 0) is 45.8 Å². The highest BCUT2D eigenvalue weighted by Gasteiger charge is 2.23. The van der Waals surface area contributed by atoms with Crippen molar-refractivity contribution in [1.82, 2.24) is 10.2 Å². The Hall–Kier alpha value is 0.0700. The predicted molar refractivity (Wildman–Crippen MR) is 71.3 cm³/mol. The fraction of sp³-hybridized carbons (Fsp3) is 1.00. The van der Waals surface area contributed by atoms with Gasteiger partial charge in [0.15, 0.2) is 0 Å². The third-order valence-electron chi connectivity index (χ3n) is 3.46. The van der Waals surface area contributed by atoms with Crippen LogP contribution >= 0.6 is 0 Å². The van der Waals surface area contributed by atoms with Gasteiger partial charge in [0.25, 0.3) is 0 Å². The highest BCUT2D eigenvalue weighted by atomic mass is 32.2. The first-order valence-corrected chi connectivity index (χ1v) is 8.13. The number of hydrogen-bond acceptors (Lipinski definition) is 3. The molecule has 0 aliphatic carbocycles. The van der Waals surface area contributed by atoms with Crippen LogP contribution in [0.1, 0.15) is 33.1 Å². The molecule has 0 aromatic carbocycles. The third kappa shape index (κ3) is 4.93. The Kier molecular flexibility index (Phi) is 6.54. The van der Waals surface area contributed by atoms with E-state index < -0.39 is 10.8 Å². The molecule has 1 heterocycles. The van der Waals surface area contributed by atoms with Crippen LogP contribution in [-0.2, 0) is 10.8 Å². The topological polar surface area (TPSA) is 32.3 Å². The Morgan fingerprint density at radius 1 is 1.50 bits per heavy atom. The molecule has 96 valence electrons. The van der Waals surface area contributed by atoms with Gasteiger partial charge in [-0.2, -0.15) is 0 Å². The summed E-state index contributed by atoms with van der Waals surface area (Å²) in [6.07, 6.45) is 5.32. The molecule has 3 atom stereocenters. The molecule has 0 spiro atoms. The summed E-state index contributed by atoms with van der Waals surface area (Å²) < 4.78 is 10.9. The lowest BCUT2D eigenvalue weighted by molar-refractivity contribution is 0.143. The Balaban J connectivity index is 2.13. The van der Waals surface area contributed by atoms with Gasteiger partial charge in [0.1, 0.15) is 0 Å². The summed E-state index contributed by atoms with van der Waals surface area (Å²) in [6.45, 7) is 7.96. The normalized spacial score (nSPS) is 29.2. The number of nitrogens with one attached hydrogen (secondary N) is 1. The molecule has 0 saturated carbocycles. The van der Waals surface area contributed by atoms with Gasteiger partial charge in [-0.15, -0.1) is 0 Å². The van der Waals surface area contributed by atoms with Crippen molar-refractivity contribution in [3.63, 3.8) is 0 Å². The molecule has 1 aliphatic rings. The molecular weight excluding hydrogens is 220 g/mol. The Morgan fingerprint density at radius 3 is 2.81 bits per heavy atom. The molecular formula is C12H26N2OS. The van der Waals surface area contributed by atoms with Crippen molar-refractivity contribution >= 4 is 10.8 Å². The second-order valence-corrected chi connectivity index (χ2v) is 6.34. The van der Waals surface area contributed by atoms with E-state index >= 15 is 0 Å². The second kappa shape index (κ2) is 7.41. The molecule has 0 amide bonds. The molecule has 1 saturated heterocycles. The van der Waals surface area contributed by atoms with E-state index in [4.69, 9.17) is 0 Å². The lowest BCUT2D eigenvalue weighted by Crippen LogP contribution is -2.47. The highest BCUT2D eigenvalue weighted by molar-refractivity contribution is 7.84. The van der Waals surface area contributed by atoms with Crippen molar-refractivity contribution in [1.29, 1.82) is 0 Å². The molecule has 0 aromatic heterocycles. The van der Waals surface area contributed by atoms with Crippen LogP contribution < -0.4 is 5.32 Å². The Morgan fingerprint density at radius 2 is 2.25 bits per heavy atom. The molecule has 1 N–H and O–H groups in total. The van der Waals surface area contributed by atoms with Crippen molar-refractivity contribution in [2.75, 3.05) is 31.6 Å². The maximum absolute atomic E-state index is 10.9. The summed E-state index contributed by atoms with van der Waals surface area (Å²) in [5.41, 5.74) is 0. The van der Waals surface area contributed by atoms with E-state index in [2.05, 4.69) is 24.1 Å². The molecule has 3 unspecified atom stereocenters. The van der Waals surface area contributed by atoms with Crippen molar-refractivity contribution in [2.45, 2.75) is 45.2 Å². The van der Waals surface area contributed by atoms with Crippen LogP contribution in [0.2, 0.25) is 0 Å². The molecule has 1 fully saturated rings. The minimum absolute atomic E-state index is 0.634. The van der Waals surface area contributed by atoms with E-state index in [1.165, 1.54) is 25.9 Å². The molecule has 1 rings (SSSR count). The average Bonchev–Trinajstić information content (AvgIpc) is 2.24. The maximum Gasteiger partial charge on any atom is 0.0244 e. The minimum Gasteiger partial charge on any atom is -0.314 e. The van der Waals surface area contributed by atoms with Crippen molar-refractivity contribution in [3.05, 3.63) is 0 Å². The fourth-order valence-corrected chi connectivity index (χ4v) is 3.01. The standard InChI is InChI=1S/C12H26N2OS/c1-4-14-8-6-12(10-11(14)2)13-7-5-9-16(3)15/h11-13H,4-10H2,1-3H3. The summed E-state index contributed by atoms with van der Waals surface area (Å²) in [6, 6.07) is 1.37. The lowest BCUT2D eigenvalue weighted by atomic mass is 9.98. The van der Waals surface area contributed by atoms with Gasteiger partial charge in [-0.1, -0.05) is 6.92 Å². The van der Waals surface area contributed by atoms with Crippen molar-refractivity contribution in [3.8, 4) is 0 Å². The first-order valence-electron chi connectivity index (χ1n) is 6.41. The summed E-state index contributed by atoms with van der Waals surface area (Å²) in [7, 11) is -0.634. The van der Waals surface area contributed by atoms with Crippen molar-refractivity contribution in [2.24, 2.45) is 0 Å². The van der Waals surface area contributed by atoms with Crippen LogP contribution in [0.4, 0.5) is 0 Å². The number of hydrogen-bond donors (Lipinski definition) is 1. The summed E-state index contributed by atoms with van der Waals surface area (Å²) in [5.74, 6) is 0.830. The van der Waals surface area contributed by atoms with Crippen LogP contribution in [0.5, 0.6) is 0 Å². The largest absolute Gasteiger partial charge is 0.314 e. The molecule has 0 radical (unpaired) electrons. The van der Waals surface area contributed by atoms with Gasteiger partial charge in [-0.25, -0.2) is 0 Å². The minimum atomic E-state index is -0.634. The van der Waals surface area contributed by atoms with Crippen molar-refractivity contribution < 1.29 is 4.21 Å². The SMILES string of the molecule is CCN1CCC(NCCCS(C)=O)CC1C. The van der Waals surface area contributed by atoms with E-state index in [1.54, 1.807) is 6.26 Å².